The van der Waals surface area contributed by atoms with Crippen LogP contribution in [0, 0.1) is 10.1 Å². The number of benzene rings is 1. The minimum atomic E-state index is -4.76. The second-order valence-electron chi connectivity index (χ2n) is 2.84. The first kappa shape index (κ1) is 12.7. The van der Waals surface area contributed by atoms with E-state index < -0.39 is 16.7 Å². The van der Waals surface area contributed by atoms with Gasteiger partial charge in [-0.15, -0.1) is 0 Å². The van der Waals surface area contributed by atoms with Gasteiger partial charge < -0.3 is 0 Å². The predicted molar refractivity (Wildman–Crippen MR) is 55.2 cm³/mol. The average Bonchev–Trinajstić information content (AvgIpc) is 2.12. The molecule has 0 aliphatic rings. The Morgan fingerprint density at radius 3 is 2.50 bits per heavy atom. The van der Waals surface area contributed by atoms with Crippen LogP contribution in [0.4, 0.5) is 13.2 Å². The summed E-state index contributed by atoms with van der Waals surface area (Å²) >= 11 is 3.00. The van der Waals surface area contributed by atoms with E-state index in [1.807, 2.05) is 0 Å². The zero-order valence-electron chi connectivity index (χ0n) is 7.66. The molecule has 0 radical (unpaired) electrons. The van der Waals surface area contributed by atoms with Crippen LogP contribution >= 0.6 is 15.9 Å². The zero-order valence-corrected chi connectivity index (χ0v) is 9.25. The fourth-order valence-electron chi connectivity index (χ4n) is 1.07. The molecule has 0 aromatic heterocycles. The van der Waals surface area contributed by atoms with Gasteiger partial charge in [-0.1, -0.05) is 28.1 Å². The first-order valence-corrected chi connectivity index (χ1v) is 4.78. The van der Waals surface area contributed by atoms with Gasteiger partial charge in [0.25, 0.3) is 0 Å². The van der Waals surface area contributed by atoms with Crippen molar-refractivity contribution in [2.45, 2.75) is 6.18 Å². The summed E-state index contributed by atoms with van der Waals surface area (Å²) in [6, 6.07) is 5.24. The van der Waals surface area contributed by atoms with Gasteiger partial charge in [0.2, 0.25) is 6.20 Å². The summed E-state index contributed by atoms with van der Waals surface area (Å²) in [6.07, 6.45) is -4.80. The molecule has 0 atom stereocenters. The summed E-state index contributed by atoms with van der Waals surface area (Å²) < 4.78 is 37.9. The molecule has 0 bridgehead atoms. The number of nitrogens with zero attached hydrogens (tertiary/aromatic N) is 1. The minimum absolute atomic E-state index is 0.0399. The van der Waals surface area contributed by atoms with E-state index in [1.165, 1.54) is 18.2 Å². The standard InChI is InChI=1S/C9H5BrF3NO2/c10-7-3-1-2-6(4-7)8(5-14(15)16)9(11,12)13/h1-5H/b8-5+. The topological polar surface area (TPSA) is 43.1 Å². The molecule has 0 aliphatic carbocycles. The van der Waals surface area contributed by atoms with Crippen LogP contribution in [0.3, 0.4) is 0 Å². The van der Waals surface area contributed by atoms with E-state index in [0.29, 0.717) is 4.47 Å². The Morgan fingerprint density at radius 1 is 1.44 bits per heavy atom. The van der Waals surface area contributed by atoms with Crippen LogP contribution in [0.5, 0.6) is 0 Å². The molecule has 86 valence electrons. The van der Waals surface area contributed by atoms with Crippen LogP contribution < -0.4 is 0 Å². The molecule has 16 heavy (non-hydrogen) atoms. The van der Waals surface area contributed by atoms with Crippen molar-refractivity contribution in [3.63, 3.8) is 0 Å². The quantitative estimate of drug-likeness (QED) is 0.618. The van der Waals surface area contributed by atoms with Crippen molar-refractivity contribution in [3.8, 4) is 0 Å². The highest BCUT2D eigenvalue weighted by molar-refractivity contribution is 9.10. The molecular formula is C9H5BrF3NO2. The summed E-state index contributed by atoms with van der Waals surface area (Å²) in [4.78, 5) is 9.01. The van der Waals surface area contributed by atoms with E-state index in [0.717, 1.165) is 6.07 Å². The van der Waals surface area contributed by atoms with Crippen molar-refractivity contribution < 1.29 is 18.1 Å². The van der Waals surface area contributed by atoms with Gasteiger partial charge in [-0.05, 0) is 17.7 Å². The van der Waals surface area contributed by atoms with E-state index in [1.54, 1.807) is 0 Å². The van der Waals surface area contributed by atoms with Crippen LogP contribution in [0.25, 0.3) is 5.57 Å². The minimum Gasteiger partial charge on any atom is -0.259 e. The molecule has 0 amide bonds. The molecule has 0 aliphatic heterocycles. The third-order valence-corrected chi connectivity index (χ3v) is 2.17. The van der Waals surface area contributed by atoms with Gasteiger partial charge in [0.05, 0.1) is 4.92 Å². The molecule has 0 saturated carbocycles. The van der Waals surface area contributed by atoms with Gasteiger partial charge in [-0.2, -0.15) is 13.2 Å². The lowest BCUT2D eigenvalue weighted by molar-refractivity contribution is -0.402. The maximum Gasteiger partial charge on any atom is 0.422 e. The largest absolute Gasteiger partial charge is 0.422 e. The molecule has 7 heteroatoms. The van der Waals surface area contributed by atoms with Crippen molar-refractivity contribution in [2.75, 3.05) is 0 Å². The summed E-state index contributed by atoms with van der Waals surface area (Å²) in [6.45, 7) is 0. The lowest BCUT2D eigenvalue weighted by atomic mass is 10.1. The molecule has 0 saturated heterocycles. The van der Waals surface area contributed by atoms with Crippen LogP contribution in [0.2, 0.25) is 0 Å². The van der Waals surface area contributed by atoms with Crippen LogP contribution in [-0.4, -0.2) is 11.1 Å². The van der Waals surface area contributed by atoms with Gasteiger partial charge >= 0.3 is 6.18 Å². The van der Waals surface area contributed by atoms with Gasteiger partial charge in [-0.25, -0.2) is 0 Å². The highest BCUT2D eigenvalue weighted by Gasteiger charge is 2.37. The van der Waals surface area contributed by atoms with Gasteiger partial charge in [0, 0.05) is 4.47 Å². The molecule has 1 rings (SSSR count). The fourth-order valence-corrected chi connectivity index (χ4v) is 1.47. The van der Waals surface area contributed by atoms with Crippen LogP contribution in [-0.2, 0) is 0 Å². The number of rotatable bonds is 2. The smallest absolute Gasteiger partial charge is 0.259 e. The highest BCUT2D eigenvalue weighted by Crippen LogP contribution is 2.34. The Kier molecular flexibility index (Phi) is 3.69. The van der Waals surface area contributed by atoms with Crippen molar-refractivity contribution in [3.05, 3.63) is 50.6 Å². The van der Waals surface area contributed by atoms with E-state index >= 15 is 0 Å². The Balaban J connectivity index is 3.28. The number of nitro groups is 1. The molecule has 0 heterocycles. The molecule has 1 aromatic carbocycles. The Labute approximate surface area is 96.9 Å². The monoisotopic (exact) mass is 295 g/mol. The zero-order chi connectivity index (χ0) is 12.3. The molecule has 3 nitrogen and oxygen atoms in total. The number of hydrogen-bond acceptors (Lipinski definition) is 2. The number of hydrogen-bond donors (Lipinski definition) is 0. The summed E-state index contributed by atoms with van der Waals surface area (Å²) in [7, 11) is 0. The second-order valence-corrected chi connectivity index (χ2v) is 3.75. The lowest BCUT2D eigenvalue weighted by Crippen LogP contribution is -2.12. The highest BCUT2D eigenvalue weighted by atomic mass is 79.9. The van der Waals surface area contributed by atoms with Crippen molar-refractivity contribution in [1.82, 2.24) is 0 Å². The second kappa shape index (κ2) is 4.65. The molecular weight excluding hydrogens is 291 g/mol. The summed E-state index contributed by atoms with van der Waals surface area (Å²) in [5.41, 5.74) is -1.53. The first-order chi connectivity index (χ1) is 7.30. The van der Waals surface area contributed by atoms with E-state index in [-0.39, 0.29) is 11.8 Å². The molecule has 0 unspecified atom stereocenters. The molecule has 0 spiro atoms. The third kappa shape index (κ3) is 3.34. The number of alkyl halides is 3. The molecule has 0 fully saturated rings. The van der Waals surface area contributed by atoms with E-state index in [2.05, 4.69) is 15.9 Å². The predicted octanol–water partition coefficient (Wildman–Crippen LogP) is 3.63. The Bertz CT molecular complexity index is 443. The maximum absolute atomic E-state index is 12.5. The van der Waals surface area contributed by atoms with Crippen molar-refractivity contribution >= 4 is 21.5 Å². The van der Waals surface area contributed by atoms with Gasteiger partial charge in [-0.3, -0.25) is 10.1 Å². The third-order valence-electron chi connectivity index (χ3n) is 1.68. The summed E-state index contributed by atoms with van der Waals surface area (Å²) in [5, 5.41) is 10.1. The van der Waals surface area contributed by atoms with E-state index in [4.69, 9.17) is 0 Å². The molecule has 1 aromatic rings. The lowest BCUT2D eigenvalue weighted by Gasteiger charge is -2.09. The first-order valence-electron chi connectivity index (χ1n) is 3.99. The number of allylic oxidation sites excluding steroid dienone is 1. The maximum atomic E-state index is 12.5. The summed E-state index contributed by atoms with van der Waals surface area (Å²) in [5.74, 6) is 0. The van der Waals surface area contributed by atoms with Crippen molar-refractivity contribution in [2.24, 2.45) is 0 Å². The Morgan fingerprint density at radius 2 is 2.06 bits per heavy atom. The normalized spacial score (nSPS) is 12.6. The van der Waals surface area contributed by atoms with Gasteiger partial charge in [0.1, 0.15) is 5.57 Å². The Hall–Kier alpha value is -1.37. The van der Waals surface area contributed by atoms with E-state index in [9.17, 15) is 23.3 Å². The van der Waals surface area contributed by atoms with Crippen molar-refractivity contribution in [1.29, 1.82) is 0 Å². The molecule has 0 N–H and O–H groups in total. The number of halogens is 4. The van der Waals surface area contributed by atoms with Crippen LogP contribution in [0.15, 0.2) is 34.9 Å². The van der Waals surface area contributed by atoms with Gasteiger partial charge in [0.15, 0.2) is 0 Å². The fraction of sp³-hybridized carbons (Fsp3) is 0.111. The SMILES string of the molecule is O=[N+]([O-])/C=C(\c1cccc(Br)c1)C(F)(F)F. The van der Waals surface area contributed by atoms with Crippen LogP contribution in [0.1, 0.15) is 5.56 Å². The average molecular weight is 296 g/mol.